The number of amides is 2. The molecule has 2 aromatic rings. The third-order valence-corrected chi connectivity index (χ3v) is 3.45. The molecule has 0 aromatic heterocycles. The third-order valence-electron chi connectivity index (χ3n) is 3.45. The first kappa shape index (κ1) is 19.1. The summed E-state index contributed by atoms with van der Waals surface area (Å²) in [5.74, 6) is 0.906. The van der Waals surface area contributed by atoms with Crippen molar-refractivity contribution in [3.05, 3.63) is 42.5 Å². The first-order valence-corrected chi connectivity index (χ1v) is 8.10. The van der Waals surface area contributed by atoms with E-state index in [9.17, 15) is 9.59 Å². The maximum absolute atomic E-state index is 12.1. The molecule has 0 atom stereocenters. The van der Waals surface area contributed by atoms with Crippen LogP contribution >= 0.6 is 0 Å². The zero-order valence-electron chi connectivity index (χ0n) is 15.0. The maximum atomic E-state index is 12.1. The molecule has 26 heavy (non-hydrogen) atoms. The molecule has 0 fully saturated rings. The molecule has 0 saturated heterocycles. The van der Waals surface area contributed by atoms with E-state index in [0.717, 1.165) is 5.75 Å². The Morgan fingerprint density at radius 3 is 2.15 bits per heavy atom. The smallest absolute Gasteiger partial charge is 0.233 e. The molecule has 0 bridgehead atoms. The molecule has 7 nitrogen and oxygen atoms in total. The van der Waals surface area contributed by atoms with Gasteiger partial charge < -0.3 is 24.8 Å². The Morgan fingerprint density at radius 1 is 0.885 bits per heavy atom. The van der Waals surface area contributed by atoms with E-state index in [-0.39, 0.29) is 6.42 Å². The molecule has 0 aliphatic carbocycles. The van der Waals surface area contributed by atoms with E-state index in [1.165, 1.54) is 14.2 Å². The largest absolute Gasteiger partial charge is 0.497 e. The zero-order chi connectivity index (χ0) is 18.9. The van der Waals surface area contributed by atoms with Crippen LogP contribution in [0.5, 0.6) is 17.2 Å². The van der Waals surface area contributed by atoms with Crippen molar-refractivity contribution in [1.29, 1.82) is 0 Å². The van der Waals surface area contributed by atoms with Gasteiger partial charge in [0.15, 0.2) is 0 Å². The second-order valence-electron chi connectivity index (χ2n) is 5.30. The summed E-state index contributed by atoms with van der Waals surface area (Å²) in [5, 5.41) is 5.32. The van der Waals surface area contributed by atoms with Crippen LogP contribution < -0.4 is 24.8 Å². The first-order valence-electron chi connectivity index (χ1n) is 8.10. The third kappa shape index (κ3) is 5.41. The zero-order valence-corrected chi connectivity index (χ0v) is 15.0. The first-order chi connectivity index (χ1) is 12.5. The van der Waals surface area contributed by atoms with Gasteiger partial charge in [0.1, 0.15) is 23.7 Å². The summed E-state index contributed by atoms with van der Waals surface area (Å²) in [6, 6.07) is 11.9. The van der Waals surface area contributed by atoms with Crippen LogP contribution in [0.1, 0.15) is 13.3 Å². The van der Waals surface area contributed by atoms with Crippen LogP contribution in [0, 0.1) is 0 Å². The van der Waals surface area contributed by atoms with Crippen LogP contribution in [0.3, 0.4) is 0 Å². The molecule has 0 heterocycles. The number of nitrogens with one attached hydrogen (secondary N) is 2. The van der Waals surface area contributed by atoms with Gasteiger partial charge in [-0.05, 0) is 43.3 Å². The van der Waals surface area contributed by atoms with E-state index in [4.69, 9.17) is 14.2 Å². The van der Waals surface area contributed by atoms with E-state index < -0.39 is 11.8 Å². The summed E-state index contributed by atoms with van der Waals surface area (Å²) in [5.41, 5.74) is 1.06. The van der Waals surface area contributed by atoms with Crippen LogP contribution in [0.15, 0.2) is 42.5 Å². The lowest BCUT2D eigenvalue weighted by molar-refractivity contribution is -0.123. The Labute approximate surface area is 152 Å². The number of hydrogen-bond acceptors (Lipinski definition) is 5. The van der Waals surface area contributed by atoms with Gasteiger partial charge in [-0.15, -0.1) is 0 Å². The van der Waals surface area contributed by atoms with Crippen molar-refractivity contribution in [1.82, 2.24) is 0 Å². The van der Waals surface area contributed by atoms with Gasteiger partial charge >= 0.3 is 0 Å². The van der Waals surface area contributed by atoms with E-state index in [2.05, 4.69) is 10.6 Å². The van der Waals surface area contributed by atoms with Crippen molar-refractivity contribution in [3.8, 4) is 17.2 Å². The monoisotopic (exact) mass is 358 g/mol. The van der Waals surface area contributed by atoms with Crippen molar-refractivity contribution >= 4 is 23.2 Å². The predicted molar refractivity (Wildman–Crippen MR) is 99.0 cm³/mol. The Morgan fingerprint density at radius 2 is 1.54 bits per heavy atom. The highest BCUT2D eigenvalue weighted by atomic mass is 16.5. The molecule has 2 N–H and O–H groups in total. The fourth-order valence-electron chi connectivity index (χ4n) is 2.25. The van der Waals surface area contributed by atoms with Gasteiger partial charge in [-0.1, -0.05) is 0 Å². The molecule has 0 aliphatic rings. The molecule has 2 aromatic carbocycles. The minimum absolute atomic E-state index is 0.317. The van der Waals surface area contributed by atoms with Crippen molar-refractivity contribution < 1.29 is 23.8 Å². The maximum Gasteiger partial charge on any atom is 0.233 e. The molecule has 0 saturated carbocycles. The van der Waals surface area contributed by atoms with Gasteiger partial charge in [0.25, 0.3) is 0 Å². The highest BCUT2D eigenvalue weighted by molar-refractivity contribution is 6.08. The summed E-state index contributed by atoms with van der Waals surface area (Å²) in [6.45, 7) is 2.47. The summed E-state index contributed by atoms with van der Waals surface area (Å²) in [4.78, 5) is 24.1. The number of carbonyl (C=O) groups excluding carboxylic acids is 2. The van der Waals surface area contributed by atoms with Gasteiger partial charge in [-0.25, -0.2) is 0 Å². The molecule has 138 valence electrons. The number of carbonyl (C=O) groups is 2. The Balaban J connectivity index is 1.91. The molecule has 0 unspecified atom stereocenters. The highest BCUT2D eigenvalue weighted by Gasteiger charge is 2.13. The van der Waals surface area contributed by atoms with E-state index in [0.29, 0.717) is 29.5 Å². The lowest BCUT2D eigenvalue weighted by Crippen LogP contribution is -2.21. The Kier molecular flexibility index (Phi) is 6.84. The molecule has 2 rings (SSSR count). The van der Waals surface area contributed by atoms with Crippen molar-refractivity contribution in [2.75, 3.05) is 31.5 Å². The average molecular weight is 358 g/mol. The number of methoxy groups -OCH3 is 2. The quantitative estimate of drug-likeness (QED) is 0.708. The number of anilines is 2. The Hall–Kier alpha value is -3.22. The Bertz CT molecular complexity index is 759. The summed E-state index contributed by atoms with van der Waals surface area (Å²) < 4.78 is 15.7. The predicted octanol–water partition coefficient (Wildman–Crippen LogP) is 3.07. The van der Waals surface area contributed by atoms with Crippen molar-refractivity contribution in [3.63, 3.8) is 0 Å². The molecule has 0 aliphatic heterocycles. The van der Waals surface area contributed by atoms with E-state index in [1.54, 1.807) is 42.5 Å². The summed E-state index contributed by atoms with van der Waals surface area (Å²) in [7, 11) is 3.03. The van der Waals surface area contributed by atoms with Gasteiger partial charge in [0.2, 0.25) is 11.8 Å². The van der Waals surface area contributed by atoms with Crippen molar-refractivity contribution in [2.24, 2.45) is 0 Å². The van der Waals surface area contributed by atoms with Crippen LogP contribution in [0.4, 0.5) is 11.4 Å². The van der Waals surface area contributed by atoms with Gasteiger partial charge in [0, 0.05) is 11.8 Å². The normalized spacial score (nSPS) is 9.96. The van der Waals surface area contributed by atoms with E-state index >= 15 is 0 Å². The summed E-state index contributed by atoms with van der Waals surface area (Å²) in [6.07, 6.45) is -0.317. The second-order valence-corrected chi connectivity index (χ2v) is 5.30. The van der Waals surface area contributed by atoms with Crippen LogP contribution in [-0.4, -0.2) is 32.6 Å². The number of rotatable bonds is 8. The molecule has 7 heteroatoms. The van der Waals surface area contributed by atoms with Crippen LogP contribution in [-0.2, 0) is 9.59 Å². The second kappa shape index (κ2) is 9.31. The number of ether oxygens (including phenoxy) is 3. The van der Waals surface area contributed by atoms with Gasteiger partial charge in [-0.3, -0.25) is 9.59 Å². The fourth-order valence-corrected chi connectivity index (χ4v) is 2.25. The van der Waals surface area contributed by atoms with Crippen LogP contribution in [0.2, 0.25) is 0 Å². The lowest BCUT2D eigenvalue weighted by Gasteiger charge is -2.12. The SMILES string of the molecule is CCOc1ccc(NC(=O)CC(=O)Nc2ccc(OC)cc2OC)cc1. The average Bonchev–Trinajstić information content (AvgIpc) is 2.63. The molecular weight excluding hydrogens is 336 g/mol. The fraction of sp³-hybridized carbons (Fsp3) is 0.263. The molecular formula is C19H22N2O5. The van der Waals surface area contributed by atoms with Gasteiger partial charge in [-0.2, -0.15) is 0 Å². The molecule has 0 radical (unpaired) electrons. The van der Waals surface area contributed by atoms with Crippen molar-refractivity contribution in [2.45, 2.75) is 13.3 Å². The minimum Gasteiger partial charge on any atom is -0.497 e. The molecule has 2 amide bonds. The number of benzene rings is 2. The number of hydrogen-bond donors (Lipinski definition) is 2. The summed E-state index contributed by atoms with van der Waals surface area (Å²) >= 11 is 0. The molecule has 0 spiro atoms. The topological polar surface area (TPSA) is 85.9 Å². The van der Waals surface area contributed by atoms with E-state index in [1.807, 2.05) is 6.92 Å². The standard InChI is InChI=1S/C19H22N2O5/c1-4-26-14-7-5-13(6-8-14)20-18(22)12-19(23)21-16-10-9-15(24-2)11-17(16)25-3/h5-11H,4,12H2,1-3H3,(H,20,22)(H,21,23). The lowest BCUT2D eigenvalue weighted by atomic mass is 10.2. The van der Waals surface area contributed by atoms with Gasteiger partial charge in [0.05, 0.1) is 26.5 Å². The minimum atomic E-state index is -0.447. The van der Waals surface area contributed by atoms with Crippen LogP contribution in [0.25, 0.3) is 0 Å². The highest BCUT2D eigenvalue weighted by Crippen LogP contribution is 2.29.